The van der Waals surface area contributed by atoms with Gasteiger partial charge in [0.15, 0.2) is 0 Å². The Labute approximate surface area is 110 Å². The van der Waals surface area contributed by atoms with Crippen LogP contribution >= 0.6 is 11.3 Å². The second-order valence-electron chi connectivity index (χ2n) is 5.01. The standard InChI is InChI=1S/C12H18N4OS/c1-7-5-8-9(16(4)12(2,3)6-17)14-11(13)15-10(8)18-7/h5,17H,6H2,1-4H3,(H2,13,14,15). The maximum Gasteiger partial charge on any atom is 0.223 e. The van der Waals surface area contributed by atoms with E-state index in [0.717, 1.165) is 16.0 Å². The zero-order valence-corrected chi connectivity index (χ0v) is 11.9. The van der Waals surface area contributed by atoms with E-state index in [1.807, 2.05) is 32.7 Å². The molecular formula is C12H18N4OS. The second kappa shape index (κ2) is 4.37. The van der Waals surface area contributed by atoms with Crippen LogP contribution in [-0.4, -0.2) is 34.3 Å². The van der Waals surface area contributed by atoms with Gasteiger partial charge in [-0.2, -0.15) is 4.98 Å². The number of rotatable bonds is 3. The third-order valence-electron chi connectivity index (χ3n) is 3.13. The summed E-state index contributed by atoms with van der Waals surface area (Å²) in [5, 5.41) is 10.4. The fourth-order valence-electron chi connectivity index (χ4n) is 1.69. The lowest BCUT2D eigenvalue weighted by Gasteiger charge is -2.35. The number of aryl methyl sites for hydroxylation is 1. The molecule has 98 valence electrons. The number of hydrogen-bond donors (Lipinski definition) is 2. The summed E-state index contributed by atoms with van der Waals surface area (Å²) < 4.78 is 0. The van der Waals surface area contributed by atoms with Gasteiger partial charge in [0.05, 0.1) is 17.5 Å². The predicted molar refractivity (Wildman–Crippen MR) is 76.1 cm³/mol. The quantitative estimate of drug-likeness (QED) is 0.886. The van der Waals surface area contributed by atoms with Gasteiger partial charge in [-0.15, -0.1) is 11.3 Å². The Morgan fingerprint density at radius 2 is 2.11 bits per heavy atom. The van der Waals surface area contributed by atoms with Gasteiger partial charge in [-0.1, -0.05) is 0 Å². The van der Waals surface area contributed by atoms with Crippen molar-refractivity contribution in [2.75, 3.05) is 24.3 Å². The number of nitrogens with two attached hydrogens (primary N) is 1. The first-order chi connectivity index (χ1) is 8.35. The smallest absolute Gasteiger partial charge is 0.223 e. The molecule has 0 saturated carbocycles. The van der Waals surface area contributed by atoms with Gasteiger partial charge in [0, 0.05) is 11.9 Å². The highest BCUT2D eigenvalue weighted by atomic mass is 32.1. The van der Waals surface area contributed by atoms with Crippen LogP contribution in [-0.2, 0) is 0 Å². The number of nitrogen functional groups attached to an aromatic ring is 1. The Morgan fingerprint density at radius 1 is 1.44 bits per heavy atom. The van der Waals surface area contributed by atoms with Gasteiger partial charge >= 0.3 is 0 Å². The Bertz CT molecular complexity index is 579. The summed E-state index contributed by atoms with van der Waals surface area (Å²) >= 11 is 1.60. The van der Waals surface area contributed by atoms with Crippen molar-refractivity contribution in [3.63, 3.8) is 0 Å². The van der Waals surface area contributed by atoms with Gasteiger partial charge in [-0.3, -0.25) is 0 Å². The Kier molecular flexibility index (Phi) is 3.16. The fourth-order valence-corrected chi connectivity index (χ4v) is 2.57. The highest BCUT2D eigenvalue weighted by Crippen LogP contribution is 2.33. The van der Waals surface area contributed by atoms with E-state index in [0.29, 0.717) is 0 Å². The predicted octanol–water partition coefficient (Wildman–Crippen LogP) is 1.79. The Balaban J connectivity index is 2.62. The van der Waals surface area contributed by atoms with Gasteiger partial charge in [-0.25, -0.2) is 4.98 Å². The van der Waals surface area contributed by atoms with E-state index in [9.17, 15) is 5.11 Å². The lowest BCUT2D eigenvalue weighted by Crippen LogP contribution is -2.45. The van der Waals surface area contributed by atoms with Crippen LogP contribution in [0.4, 0.5) is 11.8 Å². The van der Waals surface area contributed by atoms with Crippen LogP contribution in [0.2, 0.25) is 0 Å². The summed E-state index contributed by atoms with van der Waals surface area (Å²) in [4.78, 5) is 12.6. The van der Waals surface area contributed by atoms with Crippen LogP contribution in [0.3, 0.4) is 0 Å². The SMILES string of the molecule is Cc1cc2c(N(C)C(C)(C)CO)nc(N)nc2s1. The molecule has 0 spiro atoms. The van der Waals surface area contributed by atoms with E-state index in [2.05, 4.69) is 16.0 Å². The summed E-state index contributed by atoms with van der Waals surface area (Å²) in [6.45, 7) is 5.98. The minimum absolute atomic E-state index is 0.0397. The topological polar surface area (TPSA) is 75.3 Å². The van der Waals surface area contributed by atoms with Crippen molar-refractivity contribution in [3.8, 4) is 0 Å². The molecule has 0 amide bonds. The number of hydrogen-bond acceptors (Lipinski definition) is 6. The molecule has 0 fully saturated rings. The maximum absolute atomic E-state index is 9.46. The second-order valence-corrected chi connectivity index (χ2v) is 6.25. The third-order valence-corrected chi connectivity index (χ3v) is 4.07. The van der Waals surface area contributed by atoms with Gasteiger partial charge < -0.3 is 15.7 Å². The normalized spacial score (nSPS) is 12.1. The van der Waals surface area contributed by atoms with Crippen molar-refractivity contribution in [1.82, 2.24) is 9.97 Å². The van der Waals surface area contributed by atoms with Gasteiger partial charge in [0.25, 0.3) is 0 Å². The zero-order valence-electron chi connectivity index (χ0n) is 11.1. The number of likely N-dealkylation sites (N-methyl/N-ethyl adjacent to an activating group) is 1. The number of thiophene rings is 1. The monoisotopic (exact) mass is 266 g/mol. The van der Waals surface area contributed by atoms with Crippen molar-refractivity contribution in [3.05, 3.63) is 10.9 Å². The number of aliphatic hydroxyl groups excluding tert-OH is 1. The van der Waals surface area contributed by atoms with Gasteiger partial charge in [-0.05, 0) is 26.8 Å². The van der Waals surface area contributed by atoms with Gasteiger partial charge in [0.1, 0.15) is 10.6 Å². The summed E-state index contributed by atoms with van der Waals surface area (Å²) in [5.41, 5.74) is 5.35. The fraction of sp³-hybridized carbons (Fsp3) is 0.500. The van der Waals surface area contributed by atoms with Crippen LogP contribution in [0.25, 0.3) is 10.2 Å². The molecule has 2 heterocycles. The lowest BCUT2D eigenvalue weighted by atomic mass is 10.1. The molecule has 0 saturated heterocycles. The molecule has 0 bridgehead atoms. The van der Waals surface area contributed by atoms with E-state index in [-0.39, 0.29) is 12.6 Å². The summed E-state index contributed by atoms with van der Waals surface area (Å²) in [7, 11) is 1.91. The number of nitrogens with zero attached hydrogens (tertiary/aromatic N) is 3. The van der Waals surface area contributed by atoms with Crippen molar-refractivity contribution in [2.24, 2.45) is 0 Å². The minimum atomic E-state index is -0.399. The Hall–Kier alpha value is -1.40. The number of fused-ring (bicyclic) bond motifs is 1. The molecule has 0 aromatic carbocycles. The molecule has 0 aliphatic heterocycles. The molecule has 2 aromatic heterocycles. The van der Waals surface area contributed by atoms with E-state index in [1.165, 1.54) is 4.88 Å². The molecule has 0 unspecified atom stereocenters. The summed E-state index contributed by atoms with van der Waals surface area (Å²) in [6.07, 6.45) is 0. The first-order valence-electron chi connectivity index (χ1n) is 5.73. The van der Waals surface area contributed by atoms with Crippen molar-refractivity contribution in [1.29, 1.82) is 0 Å². The molecule has 18 heavy (non-hydrogen) atoms. The largest absolute Gasteiger partial charge is 0.394 e. The molecule has 6 heteroatoms. The molecule has 2 rings (SSSR count). The number of aromatic nitrogens is 2. The molecular weight excluding hydrogens is 248 g/mol. The summed E-state index contributed by atoms with van der Waals surface area (Å²) in [5.74, 6) is 1.03. The van der Waals surface area contributed by atoms with Crippen LogP contribution in [0.1, 0.15) is 18.7 Å². The molecule has 2 aromatic rings. The van der Waals surface area contributed by atoms with E-state index >= 15 is 0 Å². The molecule has 0 radical (unpaired) electrons. The van der Waals surface area contributed by atoms with Crippen molar-refractivity contribution in [2.45, 2.75) is 26.3 Å². The molecule has 0 aliphatic rings. The van der Waals surface area contributed by atoms with Crippen molar-refractivity contribution >= 4 is 33.3 Å². The van der Waals surface area contributed by atoms with Gasteiger partial charge in [0.2, 0.25) is 5.95 Å². The average Bonchev–Trinajstić information content (AvgIpc) is 2.67. The van der Waals surface area contributed by atoms with Crippen LogP contribution in [0, 0.1) is 6.92 Å². The van der Waals surface area contributed by atoms with Crippen LogP contribution < -0.4 is 10.6 Å². The Morgan fingerprint density at radius 3 is 2.72 bits per heavy atom. The average molecular weight is 266 g/mol. The number of anilines is 2. The minimum Gasteiger partial charge on any atom is -0.394 e. The first kappa shape index (κ1) is 13.0. The zero-order chi connectivity index (χ0) is 13.5. The highest BCUT2D eigenvalue weighted by molar-refractivity contribution is 7.18. The molecule has 0 atom stereocenters. The summed E-state index contributed by atoms with van der Waals surface area (Å²) in [6, 6.07) is 2.05. The molecule has 0 aliphatic carbocycles. The van der Waals surface area contributed by atoms with E-state index < -0.39 is 5.54 Å². The highest BCUT2D eigenvalue weighted by Gasteiger charge is 2.26. The van der Waals surface area contributed by atoms with Crippen LogP contribution in [0.15, 0.2) is 6.07 Å². The molecule has 3 N–H and O–H groups in total. The van der Waals surface area contributed by atoms with Crippen molar-refractivity contribution < 1.29 is 5.11 Å². The van der Waals surface area contributed by atoms with E-state index in [1.54, 1.807) is 11.3 Å². The first-order valence-corrected chi connectivity index (χ1v) is 6.55. The van der Waals surface area contributed by atoms with E-state index in [4.69, 9.17) is 5.73 Å². The third kappa shape index (κ3) is 2.13. The number of aliphatic hydroxyl groups is 1. The maximum atomic E-state index is 9.46. The van der Waals surface area contributed by atoms with Crippen LogP contribution in [0.5, 0.6) is 0 Å². The molecule has 5 nitrogen and oxygen atoms in total. The lowest BCUT2D eigenvalue weighted by molar-refractivity contribution is 0.216.